The molecule has 0 radical (unpaired) electrons. The number of ether oxygens (including phenoxy) is 1. The number of hydrogen-bond acceptors (Lipinski definition) is 4. The minimum Gasteiger partial charge on any atom is -0.450 e. The zero-order valence-electron chi connectivity index (χ0n) is 17.0. The quantitative estimate of drug-likeness (QED) is 0.860. The Bertz CT molecular complexity index is 937. The van der Waals surface area contributed by atoms with Gasteiger partial charge in [0.25, 0.3) is 0 Å². The Hall–Kier alpha value is -2.28. The highest BCUT2D eigenvalue weighted by atomic mass is 16.6. The first-order valence-electron chi connectivity index (χ1n) is 11.0. The summed E-state index contributed by atoms with van der Waals surface area (Å²) in [6.07, 6.45) is 5.24. The van der Waals surface area contributed by atoms with Crippen LogP contribution in [0.15, 0.2) is 29.1 Å². The smallest absolute Gasteiger partial charge is 0.410 e. The number of aromatic amines is 1. The average Bonchev–Trinajstić information content (AvgIpc) is 3.35. The number of nitrogens with one attached hydrogen (secondary N) is 1. The number of piperidine rings is 1. The molecule has 7 nitrogen and oxygen atoms in total. The Labute approximate surface area is 170 Å². The van der Waals surface area contributed by atoms with Crippen LogP contribution in [0, 0.1) is 5.92 Å². The maximum absolute atomic E-state index is 12.5. The van der Waals surface area contributed by atoms with Crippen LogP contribution in [0.1, 0.15) is 45.1 Å². The number of carbonyl (C=O) groups is 1. The van der Waals surface area contributed by atoms with Crippen molar-refractivity contribution in [3.05, 3.63) is 34.7 Å². The fraction of sp³-hybridized carbons (Fsp3) is 0.636. The van der Waals surface area contributed by atoms with Crippen molar-refractivity contribution in [3.63, 3.8) is 0 Å². The Morgan fingerprint density at radius 2 is 1.90 bits per heavy atom. The molecule has 7 heteroatoms. The topological polar surface area (TPSA) is 70.6 Å². The normalized spacial score (nSPS) is 29.6. The van der Waals surface area contributed by atoms with E-state index in [4.69, 9.17) is 4.74 Å². The summed E-state index contributed by atoms with van der Waals surface area (Å²) in [4.78, 5) is 32.3. The van der Waals surface area contributed by atoms with Crippen LogP contribution in [0.4, 0.5) is 4.79 Å². The lowest BCUT2D eigenvalue weighted by atomic mass is 9.90. The number of imidazole rings is 1. The van der Waals surface area contributed by atoms with Crippen LogP contribution >= 0.6 is 0 Å². The van der Waals surface area contributed by atoms with Gasteiger partial charge in [-0.2, -0.15) is 0 Å². The second-order valence-corrected chi connectivity index (χ2v) is 8.85. The maximum Gasteiger partial charge on any atom is 0.410 e. The summed E-state index contributed by atoms with van der Waals surface area (Å²) in [7, 11) is 0. The highest BCUT2D eigenvalue weighted by Crippen LogP contribution is 2.40. The van der Waals surface area contributed by atoms with Crippen molar-refractivity contribution < 1.29 is 9.53 Å². The molecule has 3 aliphatic heterocycles. The van der Waals surface area contributed by atoms with Crippen LogP contribution < -0.4 is 5.69 Å². The second kappa shape index (κ2) is 7.52. The largest absolute Gasteiger partial charge is 0.450 e. The molecule has 0 aliphatic carbocycles. The van der Waals surface area contributed by atoms with E-state index in [-0.39, 0.29) is 17.8 Å². The molecule has 4 heterocycles. The summed E-state index contributed by atoms with van der Waals surface area (Å²) in [5, 5.41) is 0. The lowest BCUT2D eigenvalue weighted by Crippen LogP contribution is -2.48. The highest BCUT2D eigenvalue weighted by Gasteiger charge is 2.44. The number of hydrogen-bond donors (Lipinski definition) is 1. The number of amides is 1. The number of fused-ring (bicyclic) bond motifs is 3. The van der Waals surface area contributed by atoms with Gasteiger partial charge in [-0.3, -0.25) is 4.57 Å². The molecule has 3 fully saturated rings. The van der Waals surface area contributed by atoms with Crippen LogP contribution in [-0.2, 0) is 4.74 Å². The molecule has 3 saturated heterocycles. The van der Waals surface area contributed by atoms with Crippen molar-refractivity contribution >= 4 is 17.1 Å². The lowest BCUT2D eigenvalue weighted by Gasteiger charge is -2.39. The first-order chi connectivity index (χ1) is 14.1. The van der Waals surface area contributed by atoms with E-state index in [9.17, 15) is 9.59 Å². The molecule has 0 saturated carbocycles. The Morgan fingerprint density at radius 1 is 1.14 bits per heavy atom. The molecule has 2 aromatic rings. The molecule has 1 aromatic heterocycles. The van der Waals surface area contributed by atoms with E-state index in [2.05, 4.69) is 9.88 Å². The molecule has 4 atom stereocenters. The number of aromatic nitrogens is 2. The number of likely N-dealkylation sites (tertiary alicyclic amines) is 1. The van der Waals surface area contributed by atoms with E-state index in [1.165, 1.54) is 0 Å². The predicted octanol–water partition coefficient (Wildman–Crippen LogP) is 2.98. The number of H-pyrrole nitrogens is 1. The van der Waals surface area contributed by atoms with E-state index in [1.807, 2.05) is 40.7 Å². The van der Waals surface area contributed by atoms with Crippen molar-refractivity contribution in [2.45, 2.75) is 57.2 Å². The molecule has 3 aliphatic rings. The Balaban J connectivity index is 1.23. The number of benzene rings is 1. The van der Waals surface area contributed by atoms with E-state index < -0.39 is 0 Å². The summed E-state index contributed by atoms with van der Waals surface area (Å²) >= 11 is 0. The maximum atomic E-state index is 12.5. The van der Waals surface area contributed by atoms with Crippen molar-refractivity contribution in [2.75, 3.05) is 26.2 Å². The summed E-state index contributed by atoms with van der Waals surface area (Å²) in [6.45, 7) is 5.34. The predicted molar refractivity (Wildman–Crippen MR) is 111 cm³/mol. The van der Waals surface area contributed by atoms with Gasteiger partial charge in [0.1, 0.15) is 0 Å². The van der Waals surface area contributed by atoms with Crippen LogP contribution in [0.25, 0.3) is 11.0 Å². The first-order valence-corrected chi connectivity index (χ1v) is 11.0. The number of nitrogens with zero attached hydrogens (tertiary/aromatic N) is 3. The minimum absolute atomic E-state index is 0.00107. The van der Waals surface area contributed by atoms with Crippen molar-refractivity contribution in [1.29, 1.82) is 0 Å². The van der Waals surface area contributed by atoms with Gasteiger partial charge in [-0.25, -0.2) is 9.59 Å². The molecule has 0 spiro atoms. The molecule has 1 N–H and O–H groups in total. The van der Waals surface area contributed by atoms with Gasteiger partial charge in [0.2, 0.25) is 0 Å². The summed E-state index contributed by atoms with van der Waals surface area (Å²) in [5.74, 6) is 0.622. The molecular formula is C22H30N4O3. The monoisotopic (exact) mass is 398 g/mol. The third-order valence-electron chi connectivity index (χ3n) is 7.06. The van der Waals surface area contributed by atoms with Gasteiger partial charge in [0.05, 0.1) is 23.7 Å². The summed E-state index contributed by atoms with van der Waals surface area (Å²) in [6, 6.07) is 8.85. The van der Waals surface area contributed by atoms with Crippen LogP contribution in [0.3, 0.4) is 0 Å². The van der Waals surface area contributed by atoms with Gasteiger partial charge in [-0.1, -0.05) is 12.1 Å². The molecule has 2 bridgehead atoms. The summed E-state index contributed by atoms with van der Waals surface area (Å²) < 4.78 is 7.22. The van der Waals surface area contributed by atoms with Crippen LogP contribution in [0.5, 0.6) is 0 Å². The third-order valence-corrected chi connectivity index (χ3v) is 7.06. The van der Waals surface area contributed by atoms with Gasteiger partial charge in [0.15, 0.2) is 0 Å². The van der Waals surface area contributed by atoms with Crippen molar-refractivity contribution in [3.8, 4) is 0 Å². The average molecular weight is 399 g/mol. The highest BCUT2D eigenvalue weighted by molar-refractivity contribution is 5.75. The molecule has 156 valence electrons. The van der Waals surface area contributed by atoms with Gasteiger partial charge in [0, 0.05) is 31.7 Å². The van der Waals surface area contributed by atoms with Gasteiger partial charge < -0.3 is 19.5 Å². The summed E-state index contributed by atoms with van der Waals surface area (Å²) in [5.41, 5.74) is 1.92. The molecule has 1 aromatic carbocycles. The van der Waals surface area contributed by atoms with E-state index in [0.717, 1.165) is 62.8 Å². The first kappa shape index (κ1) is 18.7. The zero-order chi connectivity index (χ0) is 20.0. The van der Waals surface area contributed by atoms with Crippen LogP contribution in [-0.4, -0.2) is 63.8 Å². The van der Waals surface area contributed by atoms with Gasteiger partial charge in [-0.15, -0.1) is 0 Å². The molecule has 1 unspecified atom stereocenters. The van der Waals surface area contributed by atoms with E-state index >= 15 is 0 Å². The third kappa shape index (κ3) is 3.35. The fourth-order valence-electron chi connectivity index (χ4n) is 5.93. The Kier molecular flexibility index (Phi) is 4.86. The van der Waals surface area contributed by atoms with E-state index in [0.29, 0.717) is 24.6 Å². The molecule has 1 amide bonds. The zero-order valence-corrected chi connectivity index (χ0v) is 17.0. The minimum atomic E-state index is -0.126. The number of carbonyl (C=O) groups excluding carboxylic acids is 1. The van der Waals surface area contributed by atoms with Gasteiger partial charge in [-0.05, 0) is 57.1 Å². The fourth-order valence-corrected chi connectivity index (χ4v) is 5.93. The molecule has 29 heavy (non-hydrogen) atoms. The molecular weight excluding hydrogens is 368 g/mol. The molecule has 5 rings (SSSR count). The number of rotatable bonds is 4. The SMILES string of the molecule is CCOC(=O)N1[C@@H]2CC[C@H]1CC(CN1CC[C@@H](n3c(=O)[nH]c4ccccc43)C1)C2. The second-order valence-electron chi connectivity index (χ2n) is 8.85. The van der Waals surface area contributed by atoms with Crippen molar-refractivity contribution in [1.82, 2.24) is 19.4 Å². The lowest BCUT2D eigenvalue weighted by molar-refractivity contribution is 0.0546. The Morgan fingerprint density at radius 3 is 2.66 bits per heavy atom. The standard InChI is InChI=1S/C22H30N4O3/c1-2-29-22(28)25-16-7-8-17(25)12-15(11-16)13-24-10-9-18(14-24)26-20-6-4-3-5-19(20)23-21(26)27/h3-6,15-18H,2,7-14H2,1H3,(H,23,27)/t15?,16-,17+,18-/m1/s1. The van der Waals surface area contributed by atoms with Gasteiger partial charge >= 0.3 is 11.8 Å². The van der Waals surface area contributed by atoms with Crippen LogP contribution in [0.2, 0.25) is 0 Å². The van der Waals surface area contributed by atoms with Crippen molar-refractivity contribution in [2.24, 2.45) is 5.92 Å². The van der Waals surface area contributed by atoms with E-state index in [1.54, 1.807) is 0 Å². The number of para-hydroxylation sites is 2.